The summed E-state index contributed by atoms with van der Waals surface area (Å²) in [6, 6.07) is 18.1. The van der Waals surface area contributed by atoms with Gasteiger partial charge in [0, 0.05) is 29.8 Å². The number of phenolic OH excluding ortho intramolecular Hbond substituents is 1. The minimum Gasteiger partial charge on any atom is -0.508 e. The van der Waals surface area contributed by atoms with E-state index in [-0.39, 0.29) is 17.8 Å². The molecule has 1 saturated carbocycles. The molecule has 5 rings (SSSR count). The molecule has 0 radical (unpaired) electrons. The summed E-state index contributed by atoms with van der Waals surface area (Å²) in [5, 5.41) is 14.1. The van der Waals surface area contributed by atoms with Gasteiger partial charge in [-0.2, -0.15) is 0 Å². The SMILES string of the molecule is Oc1ccc(-n2cccc2[C@@H]2[C@H](c3ccccn3)NC(=S)N2C2CCCC2)cc1. The molecule has 1 aliphatic heterocycles. The molecule has 1 aromatic carbocycles. The van der Waals surface area contributed by atoms with E-state index in [0.29, 0.717) is 6.04 Å². The number of aromatic nitrogens is 2. The number of nitrogens with zero attached hydrogens (tertiary/aromatic N) is 3. The first-order valence-corrected chi connectivity index (χ1v) is 10.6. The van der Waals surface area contributed by atoms with Gasteiger partial charge in [0.15, 0.2) is 5.11 Å². The summed E-state index contributed by atoms with van der Waals surface area (Å²) in [7, 11) is 0. The van der Waals surface area contributed by atoms with E-state index < -0.39 is 0 Å². The van der Waals surface area contributed by atoms with Crippen molar-refractivity contribution in [2.45, 2.75) is 43.8 Å². The Morgan fingerprint density at radius 2 is 1.79 bits per heavy atom. The number of benzene rings is 1. The number of nitrogens with one attached hydrogen (secondary N) is 1. The van der Waals surface area contributed by atoms with Crippen LogP contribution in [0.15, 0.2) is 67.0 Å². The van der Waals surface area contributed by atoms with Crippen molar-refractivity contribution in [3.63, 3.8) is 0 Å². The van der Waals surface area contributed by atoms with E-state index >= 15 is 0 Å². The van der Waals surface area contributed by atoms with Gasteiger partial charge in [-0.15, -0.1) is 0 Å². The fourth-order valence-corrected chi connectivity index (χ4v) is 5.13. The second-order valence-corrected chi connectivity index (χ2v) is 8.18. The maximum absolute atomic E-state index is 9.69. The monoisotopic (exact) mass is 404 g/mol. The fraction of sp³-hybridized carbons (Fsp3) is 0.304. The second kappa shape index (κ2) is 7.52. The van der Waals surface area contributed by atoms with Gasteiger partial charge in [0.25, 0.3) is 0 Å². The molecule has 0 unspecified atom stereocenters. The van der Waals surface area contributed by atoms with E-state index in [9.17, 15) is 5.11 Å². The van der Waals surface area contributed by atoms with Gasteiger partial charge in [0.2, 0.25) is 0 Å². The van der Waals surface area contributed by atoms with Crippen molar-refractivity contribution in [2.75, 3.05) is 0 Å². The highest BCUT2D eigenvalue weighted by Crippen LogP contribution is 2.43. The zero-order valence-electron chi connectivity index (χ0n) is 16.1. The highest BCUT2D eigenvalue weighted by Gasteiger charge is 2.44. The van der Waals surface area contributed by atoms with Crippen LogP contribution in [-0.4, -0.2) is 30.7 Å². The van der Waals surface area contributed by atoms with Crippen molar-refractivity contribution in [2.24, 2.45) is 0 Å². The fourth-order valence-electron chi connectivity index (χ4n) is 4.74. The Bertz CT molecular complexity index is 995. The predicted octanol–water partition coefficient (Wildman–Crippen LogP) is 4.49. The highest BCUT2D eigenvalue weighted by atomic mass is 32.1. The third kappa shape index (κ3) is 3.27. The molecular formula is C23H24N4OS. The van der Waals surface area contributed by atoms with Crippen LogP contribution in [0.25, 0.3) is 5.69 Å². The Balaban J connectivity index is 1.61. The molecule has 0 bridgehead atoms. The molecule has 29 heavy (non-hydrogen) atoms. The number of hydrogen-bond acceptors (Lipinski definition) is 3. The van der Waals surface area contributed by atoms with Crippen LogP contribution in [0.3, 0.4) is 0 Å². The molecule has 1 saturated heterocycles. The number of hydrogen-bond donors (Lipinski definition) is 2. The second-order valence-electron chi connectivity index (χ2n) is 7.79. The van der Waals surface area contributed by atoms with Crippen LogP contribution in [0.5, 0.6) is 5.75 Å². The van der Waals surface area contributed by atoms with Gasteiger partial charge in [-0.3, -0.25) is 4.98 Å². The Kier molecular flexibility index (Phi) is 4.72. The standard InChI is InChI=1S/C23H24N4OS/c28-18-12-10-16(11-13-18)26-15-5-9-20(26)22-21(19-8-3-4-14-24-19)25-23(29)27(22)17-6-1-2-7-17/h3-5,8-15,17,21-22,28H,1-2,6-7H2,(H,25,29)/t21-,22+/m0/s1. The first-order chi connectivity index (χ1) is 14.2. The van der Waals surface area contributed by atoms with Crippen molar-refractivity contribution < 1.29 is 5.11 Å². The molecule has 3 aromatic rings. The van der Waals surface area contributed by atoms with Crippen LogP contribution in [-0.2, 0) is 0 Å². The summed E-state index contributed by atoms with van der Waals surface area (Å²) in [6.45, 7) is 0. The molecule has 2 N–H and O–H groups in total. The molecule has 5 nitrogen and oxygen atoms in total. The van der Waals surface area contributed by atoms with Crippen molar-refractivity contribution in [1.82, 2.24) is 19.8 Å². The van der Waals surface area contributed by atoms with Gasteiger partial charge >= 0.3 is 0 Å². The lowest BCUT2D eigenvalue weighted by atomic mass is 9.99. The van der Waals surface area contributed by atoms with Gasteiger partial charge < -0.3 is 19.9 Å². The maximum Gasteiger partial charge on any atom is 0.170 e. The topological polar surface area (TPSA) is 53.3 Å². The van der Waals surface area contributed by atoms with E-state index in [1.165, 1.54) is 31.4 Å². The van der Waals surface area contributed by atoms with E-state index in [2.05, 4.69) is 44.2 Å². The number of thiocarbonyl (C=S) groups is 1. The zero-order chi connectivity index (χ0) is 19.8. The molecule has 0 spiro atoms. The highest BCUT2D eigenvalue weighted by molar-refractivity contribution is 7.80. The number of rotatable bonds is 4. The molecule has 0 amide bonds. The van der Waals surface area contributed by atoms with E-state index in [1.54, 1.807) is 12.1 Å². The van der Waals surface area contributed by atoms with E-state index in [1.807, 2.05) is 30.5 Å². The molecule has 3 heterocycles. The van der Waals surface area contributed by atoms with Crippen LogP contribution < -0.4 is 5.32 Å². The summed E-state index contributed by atoms with van der Waals surface area (Å²) in [5.41, 5.74) is 3.19. The molecule has 148 valence electrons. The predicted molar refractivity (Wildman–Crippen MR) is 117 cm³/mol. The van der Waals surface area contributed by atoms with Crippen LogP contribution in [0.1, 0.15) is 49.2 Å². The maximum atomic E-state index is 9.69. The van der Waals surface area contributed by atoms with E-state index in [4.69, 9.17) is 12.2 Å². The van der Waals surface area contributed by atoms with Crippen molar-refractivity contribution >= 4 is 17.3 Å². The summed E-state index contributed by atoms with van der Waals surface area (Å²) in [5.74, 6) is 0.269. The lowest BCUT2D eigenvalue weighted by molar-refractivity contribution is 0.239. The van der Waals surface area contributed by atoms with Gasteiger partial charge in [0.05, 0.1) is 17.8 Å². The van der Waals surface area contributed by atoms with Crippen LogP contribution in [0, 0.1) is 0 Å². The van der Waals surface area contributed by atoms with Crippen molar-refractivity contribution in [3.8, 4) is 11.4 Å². The van der Waals surface area contributed by atoms with E-state index in [0.717, 1.165) is 16.5 Å². The van der Waals surface area contributed by atoms with Crippen LogP contribution in [0.2, 0.25) is 0 Å². The average molecular weight is 405 g/mol. The lowest BCUT2D eigenvalue weighted by Gasteiger charge is -2.33. The summed E-state index contributed by atoms with van der Waals surface area (Å²) in [4.78, 5) is 7.05. The Morgan fingerprint density at radius 1 is 1.00 bits per heavy atom. The number of phenols is 1. The van der Waals surface area contributed by atoms with Crippen LogP contribution in [0.4, 0.5) is 0 Å². The average Bonchev–Trinajstić information content (AvgIpc) is 3.48. The summed E-state index contributed by atoms with van der Waals surface area (Å²) < 4.78 is 2.19. The quantitative estimate of drug-likeness (QED) is 0.628. The molecule has 2 fully saturated rings. The van der Waals surface area contributed by atoms with Gasteiger partial charge in [-0.1, -0.05) is 18.9 Å². The third-order valence-electron chi connectivity index (χ3n) is 6.06. The van der Waals surface area contributed by atoms with Gasteiger partial charge in [0.1, 0.15) is 5.75 Å². The zero-order valence-corrected chi connectivity index (χ0v) is 16.9. The molecule has 6 heteroatoms. The minimum atomic E-state index is -0.00457. The first kappa shape index (κ1) is 18.2. The normalized spacial score (nSPS) is 22.2. The largest absolute Gasteiger partial charge is 0.508 e. The van der Waals surface area contributed by atoms with Crippen molar-refractivity contribution in [1.29, 1.82) is 0 Å². The third-order valence-corrected chi connectivity index (χ3v) is 6.39. The Hall–Kier alpha value is -2.86. The smallest absolute Gasteiger partial charge is 0.170 e. The molecule has 2 atom stereocenters. The molecule has 1 aliphatic carbocycles. The Labute approximate surface area is 176 Å². The lowest BCUT2D eigenvalue weighted by Crippen LogP contribution is -2.38. The first-order valence-electron chi connectivity index (χ1n) is 10.2. The van der Waals surface area contributed by atoms with Crippen molar-refractivity contribution in [3.05, 3.63) is 78.4 Å². The number of pyridine rings is 1. The minimum absolute atomic E-state index is 0.00457. The summed E-state index contributed by atoms with van der Waals surface area (Å²) >= 11 is 5.83. The van der Waals surface area contributed by atoms with Crippen LogP contribution >= 0.6 is 12.2 Å². The number of aromatic hydroxyl groups is 1. The van der Waals surface area contributed by atoms with Gasteiger partial charge in [-0.05, 0) is 73.6 Å². The molecule has 2 aromatic heterocycles. The molecular weight excluding hydrogens is 380 g/mol. The van der Waals surface area contributed by atoms with Gasteiger partial charge in [-0.25, -0.2) is 0 Å². The molecule has 2 aliphatic rings. The summed E-state index contributed by atoms with van der Waals surface area (Å²) in [6.07, 6.45) is 8.77. The Morgan fingerprint density at radius 3 is 2.52 bits per heavy atom.